The fourth-order valence-electron chi connectivity index (χ4n) is 9.33. The Labute approximate surface area is 362 Å². The SMILES string of the molecule is Bc1c(B)c(B)c(-c2c(B)c(B)c(B)c3c2oc2c(B)c(-c4nc(-c5ccccc5)nc(-c5ccc(-c6ccc(-c7ccccc7)cc6)cc5)n4)c(B)c(B)c23)c(B)c1B. The Morgan fingerprint density at radius 3 is 1.12 bits per heavy atom. The summed E-state index contributed by atoms with van der Waals surface area (Å²) in [6.07, 6.45) is 0. The van der Waals surface area contributed by atoms with Crippen LogP contribution in [0.5, 0.6) is 0 Å². The van der Waals surface area contributed by atoms with Gasteiger partial charge in [-0.25, -0.2) is 15.0 Å². The number of hydrogen-bond donors (Lipinski definition) is 0. The maximum atomic E-state index is 7.25. The van der Waals surface area contributed by atoms with Gasteiger partial charge in [0.1, 0.15) is 97.5 Å². The molecule has 0 aliphatic heterocycles. The van der Waals surface area contributed by atoms with Crippen molar-refractivity contribution in [2.75, 3.05) is 0 Å². The van der Waals surface area contributed by atoms with Crippen LogP contribution in [0.4, 0.5) is 0 Å². The van der Waals surface area contributed by atoms with Crippen molar-refractivity contribution in [3.8, 4) is 67.5 Å². The van der Waals surface area contributed by atoms with Gasteiger partial charge in [-0.3, -0.25) is 0 Å². The van der Waals surface area contributed by atoms with E-state index in [1.165, 1.54) is 82.2 Å². The molecule has 4 nitrogen and oxygen atoms in total. The van der Waals surface area contributed by atoms with E-state index in [9.17, 15) is 0 Å². The normalized spacial score (nSPS) is 11.4. The monoisotopic (exact) mass is 759 g/mol. The molecule has 0 spiro atoms. The van der Waals surface area contributed by atoms with Gasteiger partial charge in [-0.1, -0.05) is 147 Å². The lowest BCUT2D eigenvalue weighted by Crippen LogP contribution is -2.56. The second-order valence-electron chi connectivity index (χ2n) is 16.7. The molecular weight excluding hydrogens is 717 g/mol. The van der Waals surface area contributed by atoms with Gasteiger partial charge in [0.05, 0.1) is 0 Å². The van der Waals surface area contributed by atoms with E-state index < -0.39 is 0 Å². The number of hydrogen-bond acceptors (Lipinski definition) is 4. The number of rotatable bonds is 6. The molecule has 7 aromatic carbocycles. The molecule has 0 saturated heterocycles. The highest BCUT2D eigenvalue weighted by Gasteiger charge is 2.27. The molecule has 0 amide bonds. The summed E-state index contributed by atoms with van der Waals surface area (Å²) in [5, 5.41) is 2.37. The van der Waals surface area contributed by atoms with Gasteiger partial charge in [0.15, 0.2) is 17.5 Å². The number of aromatic nitrogens is 3. The fourth-order valence-corrected chi connectivity index (χ4v) is 9.33. The zero-order chi connectivity index (χ0) is 42.1. The van der Waals surface area contributed by atoms with Crippen LogP contribution in [0.3, 0.4) is 0 Å². The van der Waals surface area contributed by atoms with Gasteiger partial charge in [-0.2, -0.15) is 0 Å². The predicted molar refractivity (Wildman–Crippen MR) is 290 cm³/mol. The van der Waals surface area contributed by atoms with Crippen LogP contribution < -0.4 is 60.1 Å². The Morgan fingerprint density at radius 1 is 0.267 bits per heavy atom. The minimum atomic E-state index is 0.631. The summed E-state index contributed by atoms with van der Waals surface area (Å²) in [5.74, 6) is 1.91. The highest BCUT2D eigenvalue weighted by atomic mass is 16.3. The molecule has 0 radical (unpaired) electrons. The third-order valence-corrected chi connectivity index (χ3v) is 13.6. The molecule has 2 aromatic heterocycles. The topological polar surface area (TPSA) is 51.8 Å². The van der Waals surface area contributed by atoms with Gasteiger partial charge in [0.2, 0.25) is 0 Å². The number of furan rings is 1. The summed E-state index contributed by atoms with van der Waals surface area (Å²) < 4.78 is 7.25. The number of fused-ring (bicyclic) bond motifs is 3. The number of nitrogens with zero attached hydrogens (tertiary/aromatic N) is 3. The smallest absolute Gasteiger partial charge is 0.164 e. The number of benzene rings is 7. The van der Waals surface area contributed by atoms with E-state index in [1.54, 1.807) is 0 Å². The first kappa shape index (κ1) is 39.5. The van der Waals surface area contributed by atoms with Crippen LogP contribution in [0.1, 0.15) is 0 Å². The van der Waals surface area contributed by atoms with Crippen LogP contribution in [0.15, 0.2) is 114 Å². The van der Waals surface area contributed by atoms with E-state index in [-0.39, 0.29) is 0 Å². The molecule has 0 saturated carbocycles. The molecule has 0 unspecified atom stereocenters. The van der Waals surface area contributed by atoms with Crippen molar-refractivity contribution in [3.63, 3.8) is 0 Å². The van der Waals surface area contributed by atoms with Crippen molar-refractivity contribution in [1.29, 1.82) is 0 Å². The molecule has 0 N–H and O–H groups in total. The first-order chi connectivity index (χ1) is 28.8. The van der Waals surface area contributed by atoms with E-state index >= 15 is 0 Å². The van der Waals surface area contributed by atoms with Gasteiger partial charge >= 0.3 is 0 Å². The standard InChI is InChI=1S/C45H40B11N3O/c46-30-25(31(47)39(55)40(56)38(30)54)26-33(49)37(53)34(50)27-28-32(48)35(51)29(36(52)42(28)60-41(26)27)45-58-43(23-9-5-2-6-10-23)57-44(59-45)24-17-15-22(16-18-24)21-13-11-20(12-14-21)19-7-3-1-4-8-19/h1-18H,46-56H2. The van der Waals surface area contributed by atoms with Gasteiger partial charge in [0, 0.05) is 33.0 Å². The average molecular weight is 758 g/mol. The lowest BCUT2D eigenvalue weighted by Gasteiger charge is -2.23. The quantitative estimate of drug-likeness (QED) is 0.159. The van der Waals surface area contributed by atoms with Crippen molar-refractivity contribution >= 4 is 168 Å². The van der Waals surface area contributed by atoms with E-state index in [0.717, 1.165) is 49.9 Å². The largest absolute Gasteiger partial charge is 0.456 e. The van der Waals surface area contributed by atoms with Crippen LogP contribution in [0.25, 0.3) is 89.5 Å². The summed E-state index contributed by atoms with van der Waals surface area (Å²) in [4.78, 5) is 15.6. The molecular formula is C45H40B11N3O. The Kier molecular flexibility index (Phi) is 10.1. The Balaban J connectivity index is 1.22. The first-order valence-corrected chi connectivity index (χ1v) is 21.0. The van der Waals surface area contributed by atoms with Crippen LogP contribution >= 0.6 is 0 Å². The molecule has 60 heavy (non-hydrogen) atoms. The first-order valence-electron chi connectivity index (χ1n) is 21.0. The van der Waals surface area contributed by atoms with Crippen molar-refractivity contribution in [3.05, 3.63) is 109 Å². The Morgan fingerprint density at radius 2 is 0.600 bits per heavy atom. The molecule has 274 valence electrons. The van der Waals surface area contributed by atoms with Crippen molar-refractivity contribution in [2.45, 2.75) is 0 Å². The molecule has 15 heteroatoms. The molecule has 9 aromatic rings. The van der Waals surface area contributed by atoms with E-state index in [2.05, 4.69) is 171 Å². The van der Waals surface area contributed by atoms with Gasteiger partial charge in [-0.05, 0) is 33.3 Å². The maximum absolute atomic E-state index is 7.25. The minimum Gasteiger partial charge on any atom is -0.456 e. The Hall–Kier alpha value is -5.94. The van der Waals surface area contributed by atoms with E-state index in [4.69, 9.17) is 19.4 Å². The predicted octanol–water partition coefficient (Wildman–Crippen LogP) is -7.38. The summed E-state index contributed by atoms with van der Waals surface area (Å²) >= 11 is 0. The summed E-state index contributed by atoms with van der Waals surface area (Å²) in [7, 11) is 24.7. The van der Waals surface area contributed by atoms with Crippen LogP contribution in [-0.2, 0) is 0 Å². The van der Waals surface area contributed by atoms with Crippen LogP contribution in [0, 0.1) is 0 Å². The third kappa shape index (κ3) is 6.36. The van der Waals surface area contributed by atoms with Gasteiger partial charge in [-0.15, -0.1) is 16.4 Å². The maximum Gasteiger partial charge on any atom is 0.164 e. The second-order valence-corrected chi connectivity index (χ2v) is 16.7. The summed E-state index contributed by atoms with van der Waals surface area (Å²) in [6.45, 7) is 0. The zero-order valence-electron chi connectivity index (χ0n) is 36.6. The third-order valence-electron chi connectivity index (χ3n) is 13.6. The van der Waals surface area contributed by atoms with Gasteiger partial charge in [0.25, 0.3) is 0 Å². The van der Waals surface area contributed by atoms with Crippen LogP contribution in [-0.4, -0.2) is 101 Å². The molecule has 2 heterocycles. The molecule has 9 rings (SSSR count). The lowest BCUT2D eigenvalue weighted by molar-refractivity contribution is 0.673. The highest BCUT2D eigenvalue weighted by molar-refractivity contribution is 6.71. The molecule has 0 bridgehead atoms. The fraction of sp³-hybridized carbons (Fsp3) is 0. The van der Waals surface area contributed by atoms with Crippen molar-refractivity contribution < 1.29 is 4.42 Å². The molecule has 0 atom stereocenters. The molecule has 0 aliphatic rings. The molecule has 0 aliphatic carbocycles. The lowest BCUT2D eigenvalue weighted by atomic mass is 9.58. The van der Waals surface area contributed by atoms with E-state index in [1.807, 2.05) is 24.3 Å². The minimum absolute atomic E-state index is 0.631. The van der Waals surface area contributed by atoms with Crippen molar-refractivity contribution in [1.82, 2.24) is 15.0 Å². The molecule has 0 fully saturated rings. The summed E-state index contributed by atoms with van der Waals surface area (Å²) in [6, 6.07) is 38.0. The average Bonchev–Trinajstić information content (AvgIpc) is 3.69. The second kappa shape index (κ2) is 15.3. The zero-order valence-corrected chi connectivity index (χ0v) is 36.6. The van der Waals surface area contributed by atoms with Crippen molar-refractivity contribution in [2.24, 2.45) is 0 Å². The Bertz CT molecular complexity index is 3170. The van der Waals surface area contributed by atoms with Gasteiger partial charge < -0.3 is 4.42 Å². The summed E-state index contributed by atoms with van der Waals surface area (Å²) in [5.41, 5.74) is 25.7. The van der Waals surface area contributed by atoms with Crippen LogP contribution in [0.2, 0.25) is 0 Å². The highest BCUT2D eigenvalue weighted by Crippen LogP contribution is 2.33. The van der Waals surface area contributed by atoms with E-state index in [0.29, 0.717) is 17.5 Å².